The van der Waals surface area contributed by atoms with Crippen molar-refractivity contribution in [2.45, 2.75) is 31.5 Å². The van der Waals surface area contributed by atoms with E-state index in [0.29, 0.717) is 22.4 Å². The number of anilines is 2. The second-order valence-electron chi connectivity index (χ2n) is 6.93. The zero-order valence-electron chi connectivity index (χ0n) is 16.4. The van der Waals surface area contributed by atoms with Gasteiger partial charge in [0.2, 0.25) is 11.8 Å². The molecule has 0 saturated carbocycles. The average Bonchev–Trinajstić information content (AvgIpc) is 3.22. The highest BCUT2D eigenvalue weighted by atomic mass is 32.2. The van der Waals surface area contributed by atoms with E-state index in [4.69, 9.17) is 4.42 Å². The first-order valence-corrected chi connectivity index (χ1v) is 10.2. The van der Waals surface area contributed by atoms with Crippen LogP contribution in [-0.4, -0.2) is 38.4 Å². The molecule has 3 aromatic rings. The van der Waals surface area contributed by atoms with E-state index in [0.717, 1.165) is 11.3 Å². The Hall–Kier alpha value is -3.07. The van der Waals surface area contributed by atoms with Crippen LogP contribution in [0, 0.1) is 6.92 Å². The SMILES string of the molecule is Cc1occc1-c1nnc(SCC(=O)N2c3ccccc3NC(=O)C[C@@H]2C)n1C. The van der Waals surface area contributed by atoms with Gasteiger partial charge in [-0.25, -0.2) is 0 Å². The summed E-state index contributed by atoms with van der Waals surface area (Å²) in [5.41, 5.74) is 2.23. The highest BCUT2D eigenvalue weighted by Crippen LogP contribution is 2.32. The van der Waals surface area contributed by atoms with Gasteiger partial charge in [-0.15, -0.1) is 10.2 Å². The van der Waals surface area contributed by atoms with Crippen LogP contribution < -0.4 is 10.2 Å². The molecule has 9 heteroatoms. The summed E-state index contributed by atoms with van der Waals surface area (Å²) in [7, 11) is 1.86. The maximum absolute atomic E-state index is 13.1. The summed E-state index contributed by atoms with van der Waals surface area (Å²) in [5.74, 6) is 1.45. The fourth-order valence-electron chi connectivity index (χ4n) is 3.46. The summed E-state index contributed by atoms with van der Waals surface area (Å²) in [6.45, 7) is 3.75. The summed E-state index contributed by atoms with van der Waals surface area (Å²) in [6, 6.07) is 8.96. The van der Waals surface area contributed by atoms with Gasteiger partial charge in [0.15, 0.2) is 11.0 Å². The predicted octanol–water partition coefficient (Wildman–Crippen LogP) is 3.24. The van der Waals surface area contributed by atoms with Crippen molar-refractivity contribution in [3.05, 3.63) is 42.4 Å². The quantitative estimate of drug-likeness (QED) is 0.663. The van der Waals surface area contributed by atoms with Crippen LogP contribution in [0.5, 0.6) is 0 Å². The molecule has 0 spiro atoms. The topological polar surface area (TPSA) is 93.3 Å². The Labute approximate surface area is 172 Å². The van der Waals surface area contributed by atoms with Crippen molar-refractivity contribution >= 4 is 35.0 Å². The summed E-state index contributed by atoms with van der Waals surface area (Å²) in [4.78, 5) is 26.9. The minimum absolute atomic E-state index is 0.0875. The number of aromatic nitrogens is 3. The van der Waals surface area contributed by atoms with Gasteiger partial charge in [-0.05, 0) is 32.0 Å². The lowest BCUT2D eigenvalue weighted by Crippen LogP contribution is -2.40. The Kier molecular flexibility index (Phi) is 5.14. The second-order valence-corrected chi connectivity index (χ2v) is 7.87. The molecule has 0 radical (unpaired) electrons. The molecule has 4 rings (SSSR count). The number of carbonyl (C=O) groups is 2. The van der Waals surface area contributed by atoms with E-state index < -0.39 is 0 Å². The maximum atomic E-state index is 13.1. The van der Waals surface area contributed by atoms with Crippen molar-refractivity contribution < 1.29 is 14.0 Å². The van der Waals surface area contributed by atoms with Crippen LogP contribution >= 0.6 is 11.8 Å². The van der Waals surface area contributed by atoms with Gasteiger partial charge >= 0.3 is 0 Å². The highest BCUT2D eigenvalue weighted by molar-refractivity contribution is 7.99. The predicted molar refractivity (Wildman–Crippen MR) is 111 cm³/mol. The number of nitrogens with zero attached hydrogens (tertiary/aromatic N) is 4. The van der Waals surface area contributed by atoms with Crippen LogP contribution in [0.25, 0.3) is 11.4 Å². The molecular weight excluding hydrogens is 390 g/mol. The van der Waals surface area contributed by atoms with Gasteiger partial charge in [-0.1, -0.05) is 23.9 Å². The number of benzene rings is 1. The molecule has 1 N–H and O–H groups in total. The number of hydrogen-bond acceptors (Lipinski definition) is 6. The maximum Gasteiger partial charge on any atom is 0.237 e. The number of nitrogens with one attached hydrogen (secondary N) is 1. The molecule has 8 nitrogen and oxygen atoms in total. The van der Waals surface area contributed by atoms with Gasteiger partial charge in [-0.3, -0.25) is 9.59 Å². The smallest absolute Gasteiger partial charge is 0.237 e. The fraction of sp³-hybridized carbons (Fsp3) is 0.300. The summed E-state index contributed by atoms with van der Waals surface area (Å²) >= 11 is 1.32. The summed E-state index contributed by atoms with van der Waals surface area (Å²) < 4.78 is 7.19. The lowest BCUT2D eigenvalue weighted by atomic mass is 10.2. The molecule has 0 saturated heterocycles. The summed E-state index contributed by atoms with van der Waals surface area (Å²) in [5, 5.41) is 12.0. The van der Waals surface area contributed by atoms with Crippen molar-refractivity contribution in [2.24, 2.45) is 7.05 Å². The van der Waals surface area contributed by atoms with E-state index in [1.165, 1.54) is 11.8 Å². The molecule has 1 atom stereocenters. The Morgan fingerprint density at radius 2 is 2.10 bits per heavy atom. The Bertz CT molecular complexity index is 1070. The van der Waals surface area contributed by atoms with Gasteiger partial charge in [0.1, 0.15) is 5.76 Å². The normalized spacial score (nSPS) is 16.3. The molecule has 150 valence electrons. The molecule has 1 aliphatic heterocycles. The van der Waals surface area contributed by atoms with Crippen LogP contribution in [0.15, 0.2) is 46.2 Å². The van der Waals surface area contributed by atoms with Crippen molar-refractivity contribution in [3.8, 4) is 11.4 Å². The summed E-state index contributed by atoms with van der Waals surface area (Å²) in [6.07, 6.45) is 1.86. The van der Waals surface area contributed by atoms with Crippen LogP contribution in [-0.2, 0) is 16.6 Å². The van der Waals surface area contributed by atoms with Gasteiger partial charge < -0.3 is 19.2 Å². The first-order chi connectivity index (χ1) is 14.0. The van der Waals surface area contributed by atoms with Crippen molar-refractivity contribution in [1.82, 2.24) is 14.8 Å². The number of para-hydroxylation sites is 2. The Morgan fingerprint density at radius 3 is 2.86 bits per heavy atom. The van der Waals surface area contributed by atoms with E-state index in [1.54, 1.807) is 17.2 Å². The number of hydrogen-bond donors (Lipinski definition) is 1. The number of fused-ring (bicyclic) bond motifs is 1. The number of rotatable bonds is 4. The van der Waals surface area contributed by atoms with Gasteiger partial charge in [0.05, 0.1) is 29.0 Å². The Balaban J connectivity index is 1.54. The first-order valence-electron chi connectivity index (χ1n) is 9.23. The molecule has 0 fully saturated rings. The van der Waals surface area contributed by atoms with Crippen LogP contribution in [0.4, 0.5) is 11.4 Å². The molecule has 0 unspecified atom stereocenters. The van der Waals surface area contributed by atoms with E-state index in [-0.39, 0.29) is 30.0 Å². The number of thioether (sulfide) groups is 1. The molecule has 3 heterocycles. The van der Waals surface area contributed by atoms with Gasteiger partial charge in [0.25, 0.3) is 0 Å². The second kappa shape index (κ2) is 7.75. The third-order valence-electron chi connectivity index (χ3n) is 4.89. The zero-order chi connectivity index (χ0) is 20.5. The van der Waals surface area contributed by atoms with E-state index in [2.05, 4.69) is 15.5 Å². The fourth-order valence-corrected chi connectivity index (χ4v) is 4.23. The van der Waals surface area contributed by atoms with Crippen molar-refractivity contribution in [3.63, 3.8) is 0 Å². The lowest BCUT2D eigenvalue weighted by Gasteiger charge is -2.27. The standard InChI is InChI=1S/C20H21N5O3S/c1-12-10-17(26)21-15-6-4-5-7-16(15)25(12)18(27)11-29-20-23-22-19(24(20)3)14-8-9-28-13(14)2/h4-9,12H,10-11H2,1-3H3,(H,21,26)/t12-/m0/s1. The monoisotopic (exact) mass is 411 g/mol. The zero-order valence-corrected chi connectivity index (χ0v) is 17.2. The van der Waals surface area contributed by atoms with Crippen molar-refractivity contribution in [1.29, 1.82) is 0 Å². The van der Waals surface area contributed by atoms with Gasteiger partial charge in [0, 0.05) is 19.5 Å². The molecule has 1 aromatic carbocycles. The van der Waals surface area contributed by atoms with Crippen LogP contribution in [0.2, 0.25) is 0 Å². The largest absolute Gasteiger partial charge is 0.469 e. The number of furan rings is 1. The first kappa shape index (κ1) is 19.3. The molecular formula is C20H21N5O3S. The minimum atomic E-state index is -0.240. The van der Waals surface area contributed by atoms with Crippen molar-refractivity contribution in [2.75, 3.05) is 16.0 Å². The molecule has 0 aliphatic carbocycles. The average molecular weight is 411 g/mol. The van der Waals surface area contributed by atoms with Gasteiger partial charge in [-0.2, -0.15) is 0 Å². The third-order valence-corrected chi connectivity index (χ3v) is 5.89. The molecule has 0 bridgehead atoms. The number of amides is 2. The molecule has 29 heavy (non-hydrogen) atoms. The third kappa shape index (κ3) is 3.65. The van der Waals surface area contributed by atoms with E-state index in [9.17, 15) is 9.59 Å². The van der Waals surface area contributed by atoms with Crippen LogP contribution in [0.1, 0.15) is 19.1 Å². The Morgan fingerprint density at radius 1 is 1.31 bits per heavy atom. The minimum Gasteiger partial charge on any atom is -0.469 e. The number of aryl methyl sites for hydroxylation is 1. The van der Waals surface area contributed by atoms with Crippen LogP contribution in [0.3, 0.4) is 0 Å². The molecule has 2 amide bonds. The lowest BCUT2D eigenvalue weighted by molar-refractivity contribution is -0.117. The molecule has 2 aromatic heterocycles. The number of carbonyl (C=O) groups excluding carboxylic acids is 2. The molecule has 1 aliphatic rings. The highest BCUT2D eigenvalue weighted by Gasteiger charge is 2.29. The van der Waals surface area contributed by atoms with E-state index >= 15 is 0 Å². The van der Waals surface area contributed by atoms with E-state index in [1.807, 2.05) is 49.7 Å².